The Kier molecular flexibility index (Phi) is 5.33. The Labute approximate surface area is 146 Å². The van der Waals surface area contributed by atoms with Gasteiger partial charge in [0, 0.05) is 13.0 Å². The number of quaternary nitrogens is 1. The largest absolute Gasteiger partial charge is 0.494 e. The number of nitrogens with one attached hydrogen (secondary N) is 1. The molecule has 0 radical (unpaired) electrons. The standard InChI is InChI=1S/C18H23N3O4/c1-2-25-13-8-6-12(7-9-13)21-16(22)11-15(18(21)24)20-14-5-3-4-10-19-17(14)23/h6-9,14-15,20H,2-5,10-11H2,1H3,(H,19,23)/p+1/t14-,15-/m1/s1. The molecule has 0 aliphatic carbocycles. The summed E-state index contributed by atoms with van der Waals surface area (Å²) in [7, 11) is 0. The molecule has 1 aromatic rings. The molecule has 3 rings (SSSR count). The summed E-state index contributed by atoms with van der Waals surface area (Å²) >= 11 is 0. The fraction of sp³-hybridized carbons (Fsp3) is 0.500. The van der Waals surface area contributed by atoms with E-state index in [9.17, 15) is 14.4 Å². The van der Waals surface area contributed by atoms with Gasteiger partial charge in [-0.1, -0.05) is 0 Å². The molecule has 0 bridgehead atoms. The van der Waals surface area contributed by atoms with Gasteiger partial charge in [0.2, 0.25) is 5.91 Å². The van der Waals surface area contributed by atoms with Crippen LogP contribution < -0.4 is 20.3 Å². The normalized spacial score (nSPS) is 24.2. The number of imide groups is 1. The van der Waals surface area contributed by atoms with Crippen molar-refractivity contribution in [1.82, 2.24) is 5.32 Å². The second-order valence-corrected chi connectivity index (χ2v) is 6.39. The van der Waals surface area contributed by atoms with E-state index in [1.807, 2.05) is 6.92 Å². The highest BCUT2D eigenvalue weighted by Crippen LogP contribution is 2.24. The molecular weight excluding hydrogens is 322 g/mol. The highest BCUT2D eigenvalue weighted by atomic mass is 16.5. The Morgan fingerprint density at radius 2 is 1.92 bits per heavy atom. The van der Waals surface area contributed by atoms with Crippen LogP contribution in [0.3, 0.4) is 0 Å². The van der Waals surface area contributed by atoms with E-state index in [1.54, 1.807) is 29.6 Å². The van der Waals surface area contributed by atoms with Crippen molar-refractivity contribution in [1.29, 1.82) is 0 Å². The number of amides is 3. The molecule has 1 aromatic carbocycles. The maximum Gasteiger partial charge on any atom is 0.292 e. The second-order valence-electron chi connectivity index (χ2n) is 6.39. The maximum absolute atomic E-state index is 12.7. The van der Waals surface area contributed by atoms with Gasteiger partial charge in [-0.2, -0.15) is 0 Å². The average Bonchev–Trinajstić information content (AvgIpc) is 2.74. The average molecular weight is 346 g/mol. The van der Waals surface area contributed by atoms with Crippen LogP contribution in [0.15, 0.2) is 24.3 Å². The van der Waals surface area contributed by atoms with E-state index in [0.717, 1.165) is 19.3 Å². The van der Waals surface area contributed by atoms with Gasteiger partial charge in [-0.15, -0.1) is 0 Å². The number of rotatable bonds is 5. The first-order valence-corrected chi connectivity index (χ1v) is 8.82. The molecular formula is C18H24N3O4+. The van der Waals surface area contributed by atoms with Crippen LogP contribution in [0.25, 0.3) is 0 Å². The molecule has 2 aliphatic heterocycles. The minimum Gasteiger partial charge on any atom is -0.494 e. The molecule has 2 atom stereocenters. The first kappa shape index (κ1) is 17.4. The first-order valence-electron chi connectivity index (χ1n) is 8.82. The van der Waals surface area contributed by atoms with Crippen LogP contribution >= 0.6 is 0 Å². The summed E-state index contributed by atoms with van der Waals surface area (Å²) in [6, 6.07) is 6.07. The molecule has 0 unspecified atom stereocenters. The van der Waals surface area contributed by atoms with Crippen molar-refractivity contribution in [2.75, 3.05) is 18.1 Å². The SMILES string of the molecule is CCOc1ccc(N2C(=O)C[C@@H]([NH2+][C@@H]3CCCCNC3=O)C2=O)cc1. The summed E-state index contributed by atoms with van der Waals surface area (Å²) in [5, 5.41) is 4.62. The molecule has 0 saturated carbocycles. The van der Waals surface area contributed by atoms with Crippen LogP contribution in [0.5, 0.6) is 5.75 Å². The summed E-state index contributed by atoms with van der Waals surface area (Å²) in [5.41, 5.74) is 0.541. The van der Waals surface area contributed by atoms with Gasteiger partial charge >= 0.3 is 0 Å². The minimum absolute atomic E-state index is 0.0442. The molecule has 2 aliphatic rings. The summed E-state index contributed by atoms with van der Waals surface area (Å²) in [5.74, 6) is 0.163. The quantitative estimate of drug-likeness (QED) is 0.731. The lowest BCUT2D eigenvalue weighted by Gasteiger charge is -2.17. The number of hydrogen-bond acceptors (Lipinski definition) is 4. The molecule has 2 saturated heterocycles. The predicted molar refractivity (Wildman–Crippen MR) is 91.1 cm³/mol. The number of nitrogens with zero attached hydrogens (tertiary/aromatic N) is 1. The minimum atomic E-state index is -0.534. The fourth-order valence-electron chi connectivity index (χ4n) is 3.36. The third kappa shape index (κ3) is 3.82. The van der Waals surface area contributed by atoms with Crippen LogP contribution in [0.4, 0.5) is 5.69 Å². The van der Waals surface area contributed by atoms with Crippen LogP contribution in [0, 0.1) is 0 Å². The number of carbonyl (C=O) groups is 3. The van der Waals surface area contributed by atoms with Gasteiger partial charge in [-0.25, -0.2) is 4.90 Å². The van der Waals surface area contributed by atoms with Gasteiger partial charge in [0.25, 0.3) is 11.8 Å². The van der Waals surface area contributed by atoms with E-state index in [4.69, 9.17) is 4.74 Å². The zero-order valence-electron chi connectivity index (χ0n) is 14.4. The highest BCUT2D eigenvalue weighted by Gasteiger charge is 2.44. The van der Waals surface area contributed by atoms with E-state index in [1.165, 1.54) is 4.90 Å². The number of anilines is 1. The smallest absolute Gasteiger partial charge is 0.292 e. The van der Waals surface area contributed by atoms with Crippen LogP contribution in [0.1, 0.15) is 32.6 Å². The van der Waals surface area contributed by atoms with Crippen molar-refractivity contribution in [3.63, 3.8) is 0 Å². The first-order chi connectivity index (χ1) is 12.1. The molecule has 0 spiro atoms. The molecule has 7 nitrogen and oxygen atoms in total. The molecule has 7 heteroatoms. The van der Waals surface area contributed by atoms with Crippen molar-refractivity contribution in [2.24, 2.45) is 0 Å². The number of hydrogen-bond donors (Lipinski definition) is 2. The number of ether oxygens (including phenoxy) is 1. The Bertz CT molecular complexity index is 659. The van der Waals surface area contributed by atoms with Crippen molar-refractivity contribution < 1.29 is 24.4 Å². The Morgan fingerprint density at radius 3 is 2.64 bits per heavy atom. The van der Waals surface area contributed by atoms with Gasteiger partial charge in [0.05, 0.1) is 18.7 Å². The Hall–Kier alpha value is -2.41. The van der Waals surface area contributed by atoms with Gasteiger partial charge in [-0.3, -0.25) is 14.4 Å². The van der Waals surface area contributed by atoms with E-state index in [-0.39, 0.29) is 30.2 Å². The van der Waals surface area contributed by atoms with Gasteiger partial charge < -0.3 is 15.4 Å². The lowest BCUT2D eigenvalue weighted by Crippen LogP contribution is -2.98. The lowest BCUT2D eigenvalue weighted by molar-refractivity contribution is -0.696. The summed E-state index contributed by atoms with van der Waals surface area (Å²) in [6.07, 6.45) is 2.74. The molecule has 3 amide bonds. The van der Waals surface area contributed by atoms with Crippen molar-refractivity contribution in [2.45, 2.75) is 44.7 Å². The lowest BCUT2D eigenvalue weighted by atomic mass is 10.1. The van der Waals surface area contributed by atoms with E-state index in [0.29, 0.717) is 24.6 Å². The van der Waals surface area contributed by atoms with Crippen LogP contribution in [-0.4, -0.2) is 43.0 Å². The molecule has 0 aromatic heterocycles. The monoisotopic (exact) mass is 346 g/mol. The third-order valence-corrected chi connectivity index (χ3v) is 4.63. The number of carbonyl (C=O) groups excluding carboxylic acids is 3. The zero-order chi connectivity index (χ0) is 17.8. The molecule has 3 N–H and O–H groups in total. The molecule has 2 heterocycles. The molecule has 134 valence electrons. The van der Waals surface area contributed by atoms with Crippen LogP contribution in [-0.2, 0) is 14.4 Å². The predicted octanol–water partition coefficient (Wildman–Crippen LogP) is -0.0507. The van der Waals surface area contributed by atoms with Gasteiger partial charge in [0.1, 0.15) is 5.75 Å². The zero-order valence-corrected chi connectivity index (χ0v) is 14.4. The van der Waals surface area contributed by atoms with E-state index >= 15 is 0 Å². The van der Waals surface area contributed by atoms with Crippen LogP contribution in [0.2, 0.25) is 0 Å². The van der Waals surface area contributed by atoms with Crippen molar-refractivity contribution >= 4 is 23.4 Å². The molecule has 2 fully saturated rings. The number of nitrogens with two attached hydrogens (primary N) is 1. The van der Waals surface area contributed by atoms with E-state index in [2.05, 4.69) is 5.32 Å². The van der Waals surface area contributed by atoms with Crippen molar-refractivity contribution in [3.8, 4) is 5.75 Å². The fourth-order valence-corrected chi connectivity index (χ4v) is 3.36. The Balaban J connectivity index is 1.70. The highest BCUT2D eigenvalue weighted by molar-refractivity contribution is 6.21. The maximum atomic E-state index is 12.7. The second kappa shape index (κ2) is 7.65. The summed E-state index contributed by atoms with van der Waals surface area (Å²) < 4.78 is 5.38. The summed E-state index contributed by atoms with van der Waals surface area (Å²) in [6.45, 7) is 3.13. The van der Waals surface area contributed by atoms with Gasteiger partial charge in [-0.05, 0) is 44.0 Å². The topological polar surface area (TPSA) is 92.3 Å². The summed E-state index contributed by atoms with van der Waals surface area (Å²) in [4.78, 5) is 38.3. The number of benzene rings is 1. The third-order valence-electron chi connectivity index (χ3n) is 4.63. The van der Waals surface area contributed by atoms with Gasteiger partial charge in [0.15, 0.2) is 12.1 Å². The molecule has 25 heavy (non-hydrogen) atoms. The van der Waals surface area contributed by atoms with Crippen molar-refractivity contribution in [3.05, 3.63) is 24.3 Å². The van der Waals surface area contributed by atoms with E-state index < -0.39 is 6.04 Å². The Morgan fingerprint density at radius 1 is 1.16 bits per heavy atom.